The van der Waals surface area contributed by atoms with Gasteiger partial charge in [-0.05, 0) is 53.3 Å². The zero-order chi connectivity index (χ0) is 19.8. The normalized spacial score (nSPS) is 17.6. The summed E-state index contributed by atoms with van der Waals surface area (Å²) in [5, 5.41) is -0.0167. The minimum Gasteiger partial charge on any atom is -0.244 e. The van der Waals surface area contributed by atoms with Gasteiger partial charge in [-0.3, -0.25) is 0 Å². The molecule has 1 heterocycles. The third-order valence-electron chi connectivity index (χ3n) is 4.47. The molecule has 7 heteroatoms. The number of nitrogens with zero attached hydrogens (tertiary/aromatic N) is 1. The van der Waals surface area contributed by atoms with Gasteiger partial charge in [-0.25, -0.2) is 13.4 Å². The monoisotopic (exact) mass is 393 g/mol. The van der Waals surface area contributed by atoms with Gasteiger partial charge in [0.05, 0.1) is 5.56 Å². The summed E-state index contributed by atoms with van der Waals surface area (Å²) in [7, 11) is -3.39. The van der Waals surface area contributed by atoms with Crippen molar-refractivity contribution in [3.8, 4) is 0 Å². The van der Waals surface area contributed by atoms with E-state index in [-0.39, 0.29) is 10.9 Å². The van der Waals surface area contributed by atoms with Crippen LogP contribution in [-0.2, 0) is 16.0 Å². The lowest BCUT2D eigenvalue weighted by Crippen LogP contribution is -2.04. The standard InChI is InChI=1S/C20H18F3NO2S/c1-3-13-10-17(14-4-7-16(8-5-14)20(21,22)23)18(11-13)15-6-9-19(24-12-15)27(2,25)26/h4-13H,3H2,1-2H3. The number of rotatable bonds is 4. The van der Waals surface area contributed by atoms with E-state index < -0.39 is 21.6 Å². The van der Waals surface area contributed by atoms with Crippen molar-refractivity contribution in [3.63, 3.8) is 0 Å². The van der Waals surface area contributed by atoms with Gasteiger partial charge in [-0.2, -0.15) is 13.2 Å². The first-order chi connectivity index (χ1) is 12.6. The number of aromatic nitrogens is 1. The largest absolute Gasteiger partial charge is 0.416 e. The van der Waals surface area contributed by atoms with Gasteiger partial charge in [0.25, 0.3) is 0 Å². The summed E-state index contributed by atoms with van der Waals surface area (Å²) < 4.78 is 61.6. The van der Waals surface area contributed by atoms with E-state index in [0.717, 1.165) is 41.5 Å². The van der Waals surface area contributed by atoms with Crippen LogP contribution < -0.4 is 0 Å². The van der Waals surface area contributed by atoms with E-state index >= 15 is 0 Å². The first-order valence-electron chi connectivity index (χ1n) is 8.37. The molecule has 1 unspecified atom stereocenters. The molecule has 1 aromatic carbocycles. The summed E-state index contributed by atoms with van der Waals surface area (Å²) in [6.45, 7) is 2.02. The fourth-order valence-corrected chi connectivity index (χ4v) is 3.55. The molecule has 27 heavy (non-hydrogen) atoms. The van der Waals surface area contributed by atoms with Crippen molar-refractivity contribution >= 4 is 21.0 Å². The molecule has 0 saturated carbocycles. The highest BCUT2D eigenvalue weighted by Crippen LogP contribution is 2.40. The Morgan fingerprint density at radius 3 is 1.96 bits per heavy atom. The van der Waals surface area contributed by atoms with Gasteiger partial charge in [-0.15, -0.1) is 0 Å². The van der Waals surface area contributed by atoms with Gasteiger partial charge >= 0.3 is 6.18 Å². The molecule has 1 atom stereocenters. The average molecular weight is 393 g/mol. The molecule has 3 rings (SSSR count). The number of benzene rings is 1. The summed E-state index contributed by atoms with van der Waals surface area (Å²) >= 11 is 0. The summed E-state index contributed by atoms with van der Waals surface area (Å²) in [5.74, 6) is 0.159. The minimum atomic E-state index is -4.38. The molecule has 142 valence electrons. The fraction of sp³-hybridized carbons (Fsp3) is 0.250. The molecule has 1 aliphatic carbocycles. The van der Waals surface area contributed by atoms with Crippen LogP contribution in [0.4, 0.5) is 13.2 Å². The highest BCUT2D eigenvalue weighted by atomic mass is 32.2. The number of alkyl halides is 3. The van der Waals surface area contributed by atoms with Gasteiger partial charge in [0.1, 0.15) is 0 Å². The van der Waals surface area contributed by atoms with Crippen molar-refractivity contribution < 1.29 is 21.6 Å². The van der Waals surface area contributed by atoms with E-state index in [2.05, 4.69) is 4.98 Å². The first kappa shape index (κ1) is 19.4. The molecule has 0 spiro atoms. The topological polar surface area (TPSA) is 47.0 Å². The zero-order valence-electron chi connectivity index (χ0n) is 14.8. The second-order valence-electron chi connectivity index (χ2n) is 6.47. The Bertz CT molecular complexity index is 1000. The predicted octanol–water partition coefficient (Wildman–Crippen LogP) is 5.01. The first-order valence-corrected chi connectivity index (χ1v) is 10.3. The van der Waals surface area contributed by atoms with Crippen LogP contribution in [0.1, 0.15) is 30.0 Å². The number of hydrogen-bond acceptors (Lipinski definition) is 3. The van der Waals surface area contributed by atoms with Crippen molar-refractivity contribution in [2.45, 2.75) is 24.5 Å². The van der Waals surface area contributed by atoms with E-state index in [9.17, 15) is 21.6 Å². The molecule has 1 aromatic heterocycles. The number of halogens is 3. The molecule has 3 nitrogen and oxygen atoms in total. The molecular weight excluding hydrogens is 375 g/mol. The van der Waals surface area contributed by atoms with Gasteiger partial charge < -0.3 is 0 Å². The molecule has 0 amide bonds. The molecule has 0 radical (unpaired) electrons. The second-order valence-corrected chi connectivity index (χ2v) is 8.43. The van der Waals surface area contributed by atoms with Crippen molar-refractivity contribution in [1.29, 1.82) is 0 Å². The van der Waals surface area contributed by atoms with Gasteiger partial charge in [0.15, 0.2) is 14.9 Å². The maximum atomic E-state index is 12.8. The van der Waals surface area contributed by atoms with Gasteiger partial charge in [0.2, 0.25) is 0 Å². The van der Waals surface area contributed by atoms with E-state index in [1.165, 1.54) is 24.4 Å². The van der Waals surface area contributed by atoms with Crippen LogP contribution in [0, 0.1) is 5.92 Å². The van der Waals surface area contributed by atoms with Crippen LogP contribution in [0.2, 0.25) is 0 Å². The van der Waals surface area contributed by atoms with Crippen LogP contribution in [0.3, 0.4) is 0 Å². The number of sulfone groups is 1. The molecule has 1 aliphatic rings. The lowest BCUT2D eigenvalue weighted by Gasteiger charge is -2.12. The third-order valence-corrected chi connectivity index (χ3v) is 5.47. The highest BCUT2D eigenvalue weighted by molar-refractivity contribution is 7.90. The van der Waals surface area contributed by atoms with Crippen molar-refractivity contribution in [1.82, 2.24) is 4.98 Å². The molecule has 0 saturated heterocycles. The Kier molecular flexibility index (Phi) is 4.99. The molecule has 0 bridgehead atoms. The molecule has 0 fully saturated rings. The van der Waals surface area contributed by atoms with Crippen LogP contribution >= 0.6 is 0 Å². The molecular formula is C20H18F3NO2S. The Morgan fingerprint density at radius 1 is 0.963 bits per heavy atom. The van der Waals surface area contributed by atoms with Crippen LogP contribution in [0.15, 0.2) is 59.8 Å². The summed E-state index contributed by atoms with van der Waals surface area (Å²) in [5.41, 5.74) is 2.38. The van der Waals surface area contributed by atoms with E-state index in [0.29, 0.717) is 5.56 Å². The Hall–Kier alpha value is -2.41. The summed E-state index contributed by atoms with van der Waals surface area (Å²) in [6.07, 6.45) is 3.09. The van der Waals surface area contributed by atoms with Crippen LogP contribution in [0.25, 0.3) is 11.1 Å². The average Bonchev–Trinajstić information content (AvgIpc) is 3.05. The van der Waals surface area contributed by atoms with Crippen LogP contribution in [-0.4, -0.2) is 19.7 Å². The van der Waals surface area contributed by atoms with E-state index in [1.807, 2.05) is 19.1 Å². The zero-order valence-corrected chi connectivity index (χ0v) is 15.6. The minimum absolute atomic E-state index is 0.0167. The molecule has 0 aliphatic heterocycles. The second kappa shape index (κ2) is 6.96. The predicted molar refractivity (Wildman–Crippen MR) is 98.5 cm³/mol. The Morgan fingerprint density at radius 2 is 1.52 bits per heavy atom. The lowest BCUT2D eigenvalue weighted by molar-refractivity contribution is -0.137. The molecule has 0 N–H and O–H groups in total. The Labute approximate surface area is 156 Å². The number of pyridine rings is 1. The summed E-state index contributed by atoms with van der Waals surface area (Å²) in [6, 6.07) is 8.16. The van der Waals surface area contributed by atoms with E-state index in [4.69, 9.17) is 0 Å². The maximum Gasteiger partial charge on any atom is 0.416 e. The van der Waals surface area contributed by atoms with Crippen LogP contribution in [0.5, 0.6) is 0 Å². The SMILES string of the molecule is CCC1C=C(c2ccc(C(F)(F)F)cc2)C(c2ccc(S(C)(=O)=O)nc2)=C1. The van der Waals surface area contributed by atoms with Crippen molar-refractivity contribution in [3.05, 3.63) is 71.4 Å². The van der Waals surface area contributed by atoms with Gasteiger partial charge in [0, 0.05) is 18.0 Å². The number of hydrogen-bond donors (Lipinski definition) is 0. The lowest BCUT2D eigenvalue weighted by atomic mass is 9.95. The third kappa shape index (κ3) is 4.13. The van der Waals surface area contributed by atoms with Gasteiger partial charge in [-0.1, -0.05) is 31.2 Å². The quantitative estimate of drug-likeness (QED) is 0.734. The highest BCUT2D eigenvalue weighted by Gasteiger charge is 2.30. The van der Waals surface area contributed by atoms with Crippen molar-refractivity contribution in [2.24, 2.45) is 5.92 Å². The number of allylic oxidation sites excluding steroid dienone is 4. The Balaban J connectivity index is 1.98. The smallest absolute Gasteiger partial charge is 0.244 e. The van der Waals surface area contributed by atoms with Crippen molar-refractivity contribution in [2.75, 3.05) is 6.26 Å². The molecule has 2 aromatic rings. The van der Waals surface area contributed by atoms with E-state index in [1.54, 1.807) is 6.07 Å². The maximum absolute atomic E-state index is 12.8. The summed E-state index contributed by atoms with van der Waals surface area (Å²) in [4.78, 5) is 4.02. The fourth-order valence-electron chi connectivity index (χ4n) is 2.99.